The van der Waals surface area contributed by atoms with Gasteiger partial charge in [0.25, 0.3) is 5.56 Å². The van der Waals surface area contributed by atoms with E-state index < -0.39 is 0 Å². The maximum atomic E-state index is 13.3. The highest BCUT2D eigenvalue weighted by Gasteiger charge is 2.17. The molecule has 146 valence electrons. The van der Waals surface area contributed by atoms with Gasteiger partial charge in [0.2, 0.25) is 5.91 Å². The third-order valence-electron chi connectivity index (χ3n) is 4.91. The molecule has 0 radical (unpaired) electrons. The molecule has 3 aromatic rings. The quantitative estimate of drug-likeness (QED) is 0.506. The van der Waals surface area contributed by atoms with E-state index >= 15 is 0 Å². The van der Waals surface area contributed by atoms with Crippen molar-refractivity contribution in [3.63, 3.8) is 0 Å². The summed E-state index contributed by atoms with van der Waals surface area (Å²) >= 11 is 1.29. The zero-order chi connectivity index (χ0) is 20.3. The lowest BCUT2D eigenvalue weighted by atomic mass is 10.1. The van der Waals surface area contributed by atoms with Crippen molar-refractivity contribution in [2.45, 2.75) is 45.3 Å². The van der Waals surface area contributed by atoms with Crippen molar-refractivity contribution >= 4 is 28.6 Å². The van der Waals surface area contributed by atoms with Gasteiger partial charge >= 0.3 is 0 Å². The van der Waals surface area contributed by atoms with Gasteiger partial charge in [-0.15, -0.1) is 0 Å². The molecule has 6 heteroatoms. The smallest absolute Gasteiger partial charge is 0.266 e. The second-order valence-electron chi connectivity index (χ2n) is 6.94. The van der Waals surface area contributed by atoms with Crippen LogP contribution in [0.2, 0.25) is 0 Å². The maximum Gasteiger partial charge on any atom is 0.266 e. The third kappa shape index (κ3) is 4.12. The number of nitrogens with zero attached hydrogens (tertiary/aromatic N) is 2. The minimum atomic E-state index is -0.121. The van der Waals surface area contributed by atoms with E-state index in [4.69, 9.17) is 4.98 Å². The molecule has 0 spiro atoms. The Kier molecular flexibility index (Phi) is 6.19. The molecule has 1 amide bonds. The molecule has 2 aromatic carbocycles. The minimum Gasteiger partial charge on any atom is -0.353 e. The summed E-state index contributed by atoms with van der Waals surface area (Å²) in [4.78, 5) is 30.2. The van der Waals surface area contributed by atoms with E-state index in [2.05, 4.69) is 5.32 Å². The van der Waals surface area contributed by atoms with Gasteiger partial charge in [0.1, 0.15) is 0 Å². The molecule has 1 N–H and O–H groups in total. The highest BCUT2D eigenvalue weighted by atomic mass is 32.2. The van der Waals surface area contributed by atoms with Gasteiger partial charge in [-0.3, -0.25) is 14.2 Å². The summed E-state index contributed by atoms with van der Waals surface area (Å²) in [5.74, 6) is 0.147. The molecule has 0 aliphatic rings. The van der Waals surface area contributed by atoms with Crippen molar-refractivity contribution in [1.29, 1.82) is 0 Å². The average molecular weight is 396 g/mol. The van der Waals surface area contributed by atoms with Gasteiger partial charge in [-0.05, 0) is 56.5 Å². The fourth-order valence-corrected chi connectivity index (χ4v) is 3.76. The largest absolute Gasteiger partial charge is 0.353 e. The Morgan fingerprint density at radius 1 is 1.18 bits per heavy atom. The lowest BCUT2D eigenvalue weighted by molar-refractivity contribution is -0.119. The molecule has 0 saturated heterocycles. The van der Waals surface area contributed by atoms with Crippen molar-refractivity contribution in [2.75, 3.05) is 5.75 Å². The fourth-order valence-electron chi connectivity index (χ4n) is 2.95. The number of carbonyl (C=O) groups is 1. The lowest BCUT2D eigenvalue weighted by Crippen LogP contribution is -2.33. The fraction of sp³-hybridized carbons (Fsp3) is 0.318. The van der Waals surface area contributed by atoms with Crippen LogP contribution in [0.15, 0.2) is 52.4 Å². The summed E-state index contributed by atoms with van der Waals surface area (Å²) < 4.78 is 1.63. The summed E-state index contributed by atoms with van der Waals surface area (Å²) in [7, 11) is 0. The van der Waals surface area contributed by atoms with Crippen LogP contribution in [0, 0.1) is 13.8 Å². The molecule has 1 atom stereocenters. The molecule has 0 fully saturated rings. The Bertz CT molecular complexity index is 1080. The predicted molar refractivity (Wildman–Crippen MR) is 115 cm³/mol. The summed E-state index contributed by atoms with van der Waals surface area (Å²) in [6, 6.07) is 13.3. The van der Waals surface area contributed by atoms with Crippen LogP contribution in [0.5, 0.6) is 0 Å². The number of hydrogen-bond acceptors (Lipinski definition) is 4. The first-order chi connectivity index (χ1) is 13.4. The number of fused-ring (bicyclic) bond motifs is 1. The monoisotopic (exact) mass is 395 g/mol. The standard InChI is InChI=1S/C22H25N3O2S/c1-5-15(3)23-20(26)13-28-22-24-18-11-7-6-10-17(18)21(27)25(22)19-12-8-9-14(2)16(19)4/h6-12,15H,5,13H2,1-4H3,(H,23,26)/t15-/m0/s1. The highest BCUT2D eigenvalue weighted by Crippen LogP contribution is 2.24. The molecule has 1 heterocycles. The van der Waals surface area contributed by atoms with Crippen molar-refractivity contribution in [2.24, 2.45) is 0 Å². The summed E-state index contributed by atoms with van der Waals surface area (Å²) in [5.41, 5.74) is 3.44. The van der Waals surface area contributed by atoms with E-state index in [1.165, 1.54) is 11.8 Å². The number of nitrogens with one attached hydrogen (secondary N) is 1. The van der Waals surface area contributed by atoms with Gasteiger partial charge in [-0.2, -0.15) is 0 Å². The number of hydrogen-bond donors (Lipinski definition) is 1. The van der Waals surface area contributed by atoms with E-state index in [0.29, 0.717) is 16.1 Å². The molecule has 28 heavy (non-hydrogen) atoms. The first-order valence-electron chi connectivity index (χ1n) is 9.43. The Hall–Kier alpha value is -2.60. The summed E-state index contributed by atoms with van der Waals surface area (Å²) in [6.07, 6.45) is 0.873. The minimum absolute atomic E-state index is 0.0609. The van der Waals surface area contributed by atoms with Gasteiger partial charge < -0.3 is 5.32 Å². The number of thioether (sulfide) groups is 1. The Morgan fingerprint density at radius 3 is 2.68 bits per heavy atom. The molecule has 3 rings (SSSR count). The van der Waals surface area contributed by atoms with Crippen LogP contribution in [0.4, 0.5) is 0 Å². The third-order valence-corrected chi connectivity index (χ3v) is 5.85. The van der Waals surface area contributed by atoms with Gasteiger partial charge in [0.05, 0.1) is 22.3 Å². The second kappa shape index (κ2) is 8.61. The van der Waals surface area contributed by atoms with Gasteiger partial charge in [-0.1, -0.05) is 43.0 Å². The number of benzene rings is 2. The number of amides is 1. The average Bonchev–Trinajstić information content (AvgIpc) is 2.69. The van der Waals surface area contributed by atoms with Gasteiger partial charge in [0, 0.05) is 6.04 Å². The number of rotatable bonds is 6. The Morgan fingerprint density at radius 2 is 1.93 bits per heavy atom. The number of aromatic nitrogens is 2. The van der Waals surface area contributed by atoms with Crippen molar-refractivity contribution in [3.05, 3.63) is 63.9 Å². The predicted octanol–water partition coefficient (Wildman–Crippen LogP) is 4.01. The molecule has 1 aromatic heterocycles. The number of carbonyl (C=O) groups excluding carboxylic acids is 1. The Labute approximate surface area is 169 Å². The molecule has 0 aliphatic heterocycles. The van der Waals surface area contributed by atoms with Crippen molar-refractivity contribution in [3.8, 4) is 5.69 Å². The van der Waals surface area contributed by atoms with Gasteiger partial charge in [-0.25, -0.2) is 4.98 Å². The van der Waals surface area contributed by atoms with Crippen LogP contribution >= 0.6 is 11.8 Å². The first kappa shape index (κ1) is 20.1. The molecular formula is C22H25N3O2S. The van der Waals surface area contributed by atoms with E-state index in [-0.39, 0.29) is 23.3 Å². The van der Waals surface area contributed by atoms with Crippen LogP contribution in [-0.2, 0) is 4.79 Å². The SMILES string of the molecule is CC[C@H](C)NC(=O)CSc1nc2ccccc2c(=O)n1-c1cccc(C)c1C. The zero-order valence-corrected chi connectivity index (χ0v) is 17.5. The lowest BCUT2D eigenvalue weighted by Gasteiger charge is -2.16. The molecule has 0 aliphatic carbocycles. The number of aryl methyl sites for hydroxylation is 1. The van der Waals surface area contributed by atoms with Crippen LogP contribution in [-0.4, -0.2) is 27.3 Å². The number of para-hydroxylation sites is 1. The Balaban J connectivity index is 2.09. The molecule has 0 unspecified atom stereocenters. The van der Waals surface area contributed by atoms with Crippen LogP contribution in [0.1, 0.15) is 31.4 Å². The van der Waals surface area contributed by atoms with Crippen LogP contribution < -0.4 is 10.9 Å². The van der Waals surface area contributed by atoms with Gasteiger partial charge in [0.15, 0.2) is 5.16 Å². The molecule has 0 bridgehead atoms. The second-order valence-corrected chi connectivity index (χ2v) is 7.88. The normalized spacial score (nSPS) is 12.1. The topological polar surface area (TPSA) is 64.0 Å². The molecular weight excluding hydrogens is 370 g/mol. The summed E-state index contributed by atoms with van der Waals surface area (Å²) in [5, 5.41) is 4.05. The molecule has 5 nitrogen and oxygen atoms in total. The summed E-state index contributed by atoms with van der Waals surface area (Å²) in [6.45, 7) is 8.02. The van der Waals surface area contributed by atoms with Crippen LogP contribution in [0.25, 0.3) is 16.6 Å². The van der Waals surface area contributed by atoms with Crippen molar-refractivity contribution in [1.82, 2.24) is 14.9 Å². The maximum absolute atomic E-state index is 13.3. The highest BCUT2D eigenvalue weighted by molar-refractivity contribution is 7.99. The van der Waals surface area contributed by atoms with E-state index in [1.54, 1.807) is 10.6 Å². The van der Waals surface area contributed by atoms with Crippen LogP contribution in [0.3, 0.4) is 0 Å². The first-order valence-corrected chi connectivity index (χ1v) is 10.4. The van der Waals surface area contributed by atoms with E-state index in [1.807, 2.05) is 64.1 Å². The molecule has 0 saturated carbocycles. The van der Waals surface area contributed by atoms with E-state index in [9.17, 15) is 9.59 Å². The van der Waals surface area contributed by atoms with E-state index in [0.717, 1.165) is 23.2 Å². The van der Waals surface area contributed by atoms with Crippen molar-refractivity contribution < 1.29 is 4.79 Å². The zero-order valence-electron chi connectivity index (χ0n) is 16.7.